The topological polar surface area (TPSA) is 12.4 Å². The number of aryl methyl sites for hydroxylation is 2. The minimum Gasteiger partial charge on any atom is -0.194 e. The largest absolute Gasteiger partial charge is 0.194 e. The highest BCUT2D eigenvalue weighted by Gasteiger charge is 1.98. The molecule has 120 valence electrons. The second-order valence-corrected chi connectivity index (χ2v) is 6.08. The van der Waals surface area contributed by atoms with E-state index in [1.165, 1.54) is 16.7 Å². The fourth-order valence-electron chi connectivity index (χ4n) is 2.54. The Hall–Kier alpha value is -2.98. The highest BCUT2D eigenvalue weighted by atomic mass is 32.1. The van der Waals surface area contributed by atoms with Crippen LogP contribution in [-0.4, -0.2) is 5.16 Å². The minimum absolute atomic E-state index is 0.836. The van der Waals surface area contributed by atoms with Crippen LogP contribution in [0.4, 0.5) is 5.69 Å². The van der Waals surface area contributed by atoms with Crippen molar-refractivity contribution in [1.29, 1.82) is 0 Å². The molecule has 1 nitrogen and oxygen atoms in total. The minimum atomic E-state index is 0.836. The lowest BCUT2D eigenvalue weighted by atomic mass is 10.0. The molecule has 0 atom stereocenters. The van der Waals surface area contributed by atoms with E-state index >= 15 is 0 Å². The monoisotopic (exact) mass is 339 g/mol. The Kier molecular flexibility index (Phi) is 5.21. The first-order valence-electron chi connectivity index (χ1n) is 8.03. The molecule has 25 heavy (non-hydrogen) atoms. The molecular weight excluding hydrogens is 322 g/mol. The maximum absolute atomic E-state index is 4.65. The lowest BCUT2D eigenvalue weighted by Gasteiger charge is -2.02. The van der Waals surface area contributed by atoms with Crippen molar-refractivity contribution in [2.45, 2.75) is 13.8 Å². The zero-order chi connectivity index (χ0) is 17.6. The molecule has 0 fully saturated rings. The van der Waals surface area contributed by atoms with Gasteiger partial charge in [-0.25, -0.2) is 0 Å². The number of hydrogen-bond acceptors (Lipinski definition) is 2. The molecule has 0 amide bonds. The van der Waals surface area contributed by atoms with Gasteiger partial charge in [0.05, 0.1) is 10.8 Å². The average molecular weight is 339 g/mol. The molecule has 0 aliphatic rings. The molecule has 0 aliphatic heterocycles. The van der Waals surface area contributed by atoms with E-state index in [1.54, 1.807) is 0 Å². The predicted molar refractivity (Wildman–Crippen MR) is 108 cm³/mol. The molecule has 0 saturated heterocycles. The number of thiocarbonyl (C=S) groups is 1. The molecule has 0 heterocycles. The van der Waals surface area contributed by atoms with E-state index in [4.69, 9.17) is 0 Å². The van der Waals surface area contributed by atoms with E-state index in [0.717, 1.165) is 22.4 Å². The van der Waals surface area contributed by atoms with Crippen molar-refractivity contribution in [2.24, 2.45) is 4.99 Å². The van der Waals surface area contributed by atoms with Gasteiger partial charge in [-0.2, -0.15) is 4.99 Å². The van der Waals surface area contributed by atoms with Crippen molar-refractivity contribution < 1.29 is 0 Å². The molecule has 0 unspecified atom stereocenters. The summed E-state index contributed by atoms with van der Waals surface area (Å²) in [4.78, 5) is 4.03. The summed E-state index contributed by atoms with van der Waals surface area (Å²) in [6.07, 6.45) is 0. The van der Waals surface area contributed by atoms with Crippen LogP contribution in [0.5, 0.6) is 0 Å². The van der Waals surface area contributed by atoms with Crippen molar-refractivity contribution in [3.8, 4) is 23.0 Å². The van der Waals surface area contributed by atoms with E-state index < -0.39 is 0 Å². The van der Waals surface area contributed by atoms with Gasteiger partial charge >= 0.3 is 0 Å². The van der Waals surface area contributed by atoms with Gasteiger partial charge in [-0.05, 0) is 73.1 Å². The number of rotatable bonds is 2. The molecule has 3 aromatic carbocycles. The zero-order valence-electron chi connectivity index (χ0n) is 14.2. The molecule has 0 radical (unpaired) electrons. The van der Waals surface area contributed by atoms with Crippen molar-refractivity contribution in [3.05, 3.63) is 89.0 Å². The van der Waals surface area contributed by atoms with Crippen LogP contribution in [0, 0.1) is 25.7 Å². The Balaban J connectivity index is 1.80. The van der Waals surface area contributed by atoms with Crippen LogP contribution in [0.25, 0.3) is 11.1 Å². The quantitative estimate of drug-likeness (QED) is 0.312. The second kappa shape index (κ2) is 7.73. The first kappa shape index (κ1) is 16.9. The molecule has 3 aromatic rings. The second-order valence-electron chi connectivity index (χ2n) is 5.90. The fraction of sp³-hybridized carbons (Fsp3) is 0.0870. The molecule has 0 bridgehead atoms. The van der Waals surface area contributed by atoms with Crippen LogP contribution in [0.3, 0.4) is 0 Å². The van der Waals surface area contributed by atoms with Crippen molar-refractivity contribution >= 4 is 23.1 Å². The predicted octanol–water partition coefficient (Wildman–Crippen LogP) is 6.10. The molecular formula is C23H17NS. The summed E-state index contributed by atoms with van der Waals surface area (Å²) < 4.78 is 0. The third-order valence-electron chi connectivity index (χ3n) is 3.98. The Morgan fingerprint density at radius 2 is 1.28 bits per heavy atom. The zero-order valence-corrected chi connectivity index (χ0v) is 15.0. The summed E-state index contributed by atoms with van der Waals surface area (Å²) in [5.41, 5.74) is 7.52. The molecule has 0 spiro atoms. The van der Waals surface area contributed by atoms with Gasteiger partial charge in [-0.1, -0.05) is 53.8 Å². The number of isothiocyanates is 1. The van der Waals surface area contributed by atoms with Crippen molar-refractivity contribution in [2.75, 3.05) is 0 Å². The van der Waals surface area contributed by atoms with Crippen molar-refractivity contribution in [1.82, 2.24) is 0 Å². The van der Waals surface area contributed by atoms with Crippen LogP contribution in [0.2, 0.25) is 0 Å². The van der Waals surface area contributed by atoms with Crippen LogP contribution >= 0.6 is 12.2 Å². The highest BCUT2D eigenvalue weighted by molar-refractivity contribution is 7.78. The SMILES string of the molecule is Cc1ccc(-c2ccc(C#Cc3ccc(N=C=S)c(C)c3)cc2)cc1. The summed E-state index contributed by atoms with van der Waals surface area (Å²) in [6, 6.07) is 22.7. The van der Waals surface area contributed by atoms with E-state index in [1.807, 2.05) is 25.1 Å². The van der Waals surface area contributed by atoms with Crippen molar-refractivity contribution in [3.63, 3.8) is 0 Å². The normalized spacial score (nSPS) is 9.68. The third kappa shape index (κ3) is 4.31. The van der Waals surface area contributed by atoms with Crippen LogP contribution in [-0.2, 0) is 0 Å². The van der Waals surface area contributed by atoms with Gasteiger partial charge in [0.2, 0.25) is 0 Å². The van der Waals surface area contributed by atoms with E-state index in [-0.39, 0.29) is 0 Å². The number of aliphatic imine (C=N–C) groups is 1. The van der Waals surface area contributed by atoms with Gasteiger partial charge in [0.15, 0.2) is 0 Å². The standard InChI is InChI=1S/C23H17NS/c1-17-3-10-21(11-4-17)22-12-7-19(8-13-22)5-6-20-9-14-23(24-16-25)18(2)15-20/h3-4,7-15H,1-2H3. The van der Waals surface area contributed by atoms with Gasteiger partial charge in [0.1, 0.15) is 0 Å². The molecule has 2 heteroatoms. The fourth-order valence-corrected chi connectivity index (χ4v) is 2.64. The van der Waals surface area contributed by atoms with E-state index in [0.29, 0.717) is 0 Å². The van der Waals surface area contributed by atoms with E-state index in [9.17, 15) is 0 Å². The summed E-state index contributed by atoms with van der Waals surface area (Å²) in [7, 11) is 0. The summed E-state index contributed by atoms with van der Waals surface area (Å²) >= 11 is 4.65. The number of hydrogen-bond donors (Lipinski definition) is 0. The Labute approximate surface area is 154 Å². The van der Waals surface area contributed by atoms with Gasteiger partial charge in [0.25, 0.3) is 0 Å². The maximum Gasteiger partial charge on any atom is 0.0769 e. The van der Waals surface area contributed by atoms with Gasteiger partial charge in [-0.3, -0.25) is 0 Å². The third-order valence-corrected chi connectivity index (χ3v) is 4.08. The Morgan fingerprint density at radius 3 is 1.88 bits per heavy atom. The Bertz CT molecular complexity index is 997. The molecule has 0 N–H and O–H groups in total. The van der Waals surface area contributed by atoms with Gasteiger partial charge in [-0.15, -0.1) is 0 Å². The van der Waals surface area contributed by atoms with Crippen LogP contribution in [0.15, 0.2) is 71.7 Å². The van der Waals surface area contributed by atoms with E-state index in [2.05, 4.69) is 89.7 Å². The first-order chi connectivity index (χ1) is 12.2. The summed E-state index contributed by atoms with van der Waals surface area (Å²) in [5, 5.41) is 2.40. The lowest BCUT2D eigenvalue weighted by Crippen LogP contribution is -1.81. The van der Waals surface area contributed by atoms with Gasteiger partial charge < -0.3 is 0 Å². The lowest BCUT2D eigenvalue weighted by molar-refractivity contribution is 1.40. The van der Waals surface area contributed by atoms with Gasteiger partial charge in [0, 0.05) is 11.1 Å². The molecule has 3 rings (SSSR count). The smallest absolute Gasteiger partial charge is 0.0769 e. The maximum atomic E-state index is 4.65. The first-order valence-corrected chi connectivity index (χ1v) is 8.44. The highest BCUT2D eigenvalue weighted by Crippen LogP contribution is 2.21. The Morgan fingerprint density at radius 1 is 0.720 bits per heavy atom. The average Bonchev–Trinajstić information content (AvgIpc) is 2.63. The number of nitrogens with zero attached hydrogens (tertiary/aromatic N) is 1. The summed E-state index contributed by atoms with van der Waals surface area (Å²) in [5.74, 6) is 6.41. The number of benzene rings is 3. The molecule has 0 aliphatic carbocycles. The van der Waals surface area contributed by atoms with Crippen LogP contribution in [0.1, 0.15) is 22.3 Å². The molecule has 0 aromatic heterocycles. The summed E-state index contributed by atoms with van der Waals surface area (Å²) in [6.45, 7) is 4.09. The molecule has 0 saturated carbocycles. The van der Waals surface area contributed by atoms with Crippen LogP contribution < -0.4 is 0 Å².